The molecular weight excluding hydrogens is 531 g/mol. The van der Waals surface area contributed by atoms with Crippen molar-refractivity contribution in [1.29, 1.82) is 0 Å². The first-order chi connectivity index (χ1) is 18.0. The predicted molar refractivity (Wildman–Crippen MR) is 127 cm³/mol. The molecule has 0 saturated carbocycles. The SMILES string of the molecule is CC(C)(C)OC(=O)N1CC(C(=O)N(Cc2ccc(C(=O)NNC(=O)C(F)(F)F)cc2F)c2cccc(F)c2)C1. The zero-order valence-corrected chi connectivity index (χ0v) is 21.1. The number of rotatable bonds is 5. The number of benzene rings is 2. The number of carbonyl (C=O) groups is 4. The molecule has 39 heavy (non-hydrogen) atoms. The molecule has 2 aromatic carbocycles. The standard InChI is InChI=1S/C25H25F5N4O5/c1-24(2,3)39-23(38)33-11-16(12-33)21(36)34(18-6-4-5-17(26)10-18)13-15-8-7-14(9-19(15)27)20(35)31-32-22(37)25(28,29)30/h4-10,16H,11-13H2,1-3H3,(H,31,35)(H,32,37). The molecule has 0 aromatic heterocycles. The van der Waals surface area contributed by atoms with Crippen molar-refractivity contribution in [3.05, 3.63) is 65.2 Å². The Hall–Kier alpha value is -4.23. The van der Waals surface area contributed by atoms with Gasteiger partial charge in [-0.1, -0.05) is 12.1 Å². The van der Waals surface area contributed by atoms with Gasteiger partial charge in [-0.05, 0) is 51.1 Å². The molecule has 2 N–H and O–H groups in total. The molecule has 210 valence electrons. The van der Waals surface area contributed by atoms with E-state index in [1.807, 2.05) is 0 Å². The minimum atomic E-state index is -5.24. The zero-order valence-electron chi connectivity index (χ0n) is 21.1. The Kier molecular flexibility index (Phi) is 8.46. The van der Waals surface area contributed by atoms with Crippen molar-refractivity contribution in [3.63, 3.8) is 0 Å². The van der Waals surface area contributed by atoms with Crippen molar-refractivity contribution < 1.29 is 45.9 Å². The fraction of sp³-hybridized carbons (Fsp3) is 0.360. The van der Waals surface area contributed by atoms with E-state index in [0.29, 0.717) is 6.07 Å². The Morgan fingerprint density at radius 2 is 1.67 bits per heavy atom. The van der Waals surface area contributed by atoms with E-state index in [0.717, 1.165) is 29.2 Å². The summed E-state index contributed by atoms with van der Waals surface area (Å²) in [6.45, 7) is 4.77. The van der Waals surface area contributed by atoms with Crippen LogP contribution in [0.25, 0.3) is 0 Å². The third-order valence-electron chi connectivity index (χ3n) is 5.46. The van der Waals surface area contributed by atoms with E-state index < -0.39 is 58.7 Å². The van der Waals surface area contributed by atoms with Crippen molar-refractivity contribution in [2.45, 2.75) is 39.1 Å². The lowest BCUT2D eigenvalue weighted by atomic mass is 9.98. The van der Waals surface area contributed by atoms with Gasteiger partial charge < -0.3 is 14.5 Å². The first-order valence-corrected chi connectivity index (χ1v) is 11.6. The van der Waals surface area contributed by atoms with Crippen LogP contribution < -0.4 is 15.8 Å². The van der Waals surface area contributed by atoms with Gasteiger partial charge in [0.1, 0.15) is 17.2 Å². The highest BCUT2D eigenvalue weighted by Crippen LogP contribution is 2.27. The van der Waals surface area contributed by atoms with Crippen LogP contribution in [0.3, 0.4) is 0 Å². The van der Waals surface area contributed by atoms with E-state index in [1.165, 1.54) is 27.9 Å². The molecule has 0 unspecified atom stereocenters. The lowest BCUT2D eigenvalue weighted by Crippen LogP contribution is -2.57. The molecule has 1 aliphatic rings. The number of ether oxygens (including phenoxy) is 1. The van der Waals surface area contributed by atoms with Crippen molar-refractivity contribution in [2.75, 3.05) is 18.0 Å². The van der Waals surface area contributed by atoms with Crippen LogP contribution in [-0.2, 0) is 20.9 Å². The van der Waals surface area contributed by atoms with Gasteiger partial charge in [-0.25, -0.2) is 13.6 Å². The number of hydrogen-bond donors (Lipinski definition) is 2. The number of amides is 4. The molecule has 0 bridgehead atoms. The highest BCUT2D eigenvalue weighted by Gasteiger charge is 2.41. The molecule has 14 heteroatoms. The van der Waals surface area contributed by atoms with Gasteiger partial charge in [0, 0.05) is 29.9 Å². The second-order valence-corrected chi connectivity index (χ2v) is 9.70. The fourth-order valence-electron chi connectivity index (χ4n) is 3.51. The molecule has 1 saturated heterocycles. The van der Waals surface area contributed by atoms with Crippen LogP contribution in [0.5, 0.6) is 0 Å². The molecular formula is C25H25F5N4O5. The first-order valence-electron chi connectivity index (χ1n) is 11.6. The second-order valence-electron chi connectivity index (χ2n) is 9.70. The topological polar surface area (TPSA) is 108 Å². The minimum absolute atomic E-state index is 0.0325. The van der Waals surface area contributed by atoms with Gasteiger partial charge in [-0.15, -0.1) is 0 Å². The molecule has 4 amide bonds. The Bertz CT molecular complexity index is 1270. The number of nitrogens with one attached hydrogen (secondary N) is 2. The number of nitrogens with zero attached hydrogens (tertiary/aromatic N) is 2. The van der Waals surface area contributed by atoms with E-state index in [4.69, 9.17) is 4.74 Å². The van der Waals surface area contributed by atoms with Gasteiger partial charge in [0.25, 0.3) is 5.91 Å². The third kappa shape index (κ3) is 7.65. The lowest BCUT2D eigenvalue weighted by molar-refractivity contribution is -0.174. The quantitative estimate of drug-likeness (QED) is 0.432. The summed E-state index contributed by atoms with van der Waals surface area (Å²) < 4.78 is 71.0. The Morgan fingerprint density at radius 3 is 2.23 bits per heavy atom. The molecule has 0 spiro atoms. The fourth-order valence-corrected chi connectivity index (χ4v) is 3.51. The highest BCUT2D eigenvalue weighted by molar-refractivity contribution is 5.97. The number of hydrazine groups is 1. The molecule has 1 aliphatic heterocycles. The number of anilines is 1. The maximum Gasteiger partial charge on any atom is 0.472 e. The monoisotopic (exact) mass is 556 g/mol. The second kappa shape index (κ2) is 11.3. The molecule has 3 rings (SSSR count). The summed E-state index contributed by atoms with van der Waals surface area (Å²) in [6, 6.07) is 7.95. The molecule has 0 atom stereocenters. The van der Waals surface area contributed by atoms with Crippen LogP contribution in [0.1, 0.15) is 36.7 Å². The average molecular weight is 556 g/mol. The Labute approximate surface area is 219 Å². The van der Waals surface area contributed by atoms with Crippen molar-refractivity contribution >= 4 is 29.5 Å². The van der Waals surface area contributed by atoms with E-state index in [2.05, 4.69) is 0 Å². The van der Waals surface area contributed by atoms with Crippen molar-refractivity contribution in [2.24, 2.45) is 5.92 Å². The maximum absolute atomic E-state index is 14.9. The smallest absolute Gasteiger partial charge is 0.444 e. The number of carbonyl (C=O) groups excluding carboxylic acids is 4. The summed E-state index contributed by atoms with van der Waals surface area (Å²) in [6.07, 6.45) is -5.84. The van der Waals surface area contributed by atoms with Crippen LogP contribution in [0.4, 0.5) is 32.4 Å². The predicted octanol–water partition coefficient (Wildman–Crippen LogP) is 3.69. The average Bonchev–Trinajstić information content (AvgIpc) is 2.78. The molecule has 0 radical (unpaired) electrons. The minimum Gasteiger partial charge on any atom is -0.444 e. The van der Waals surface area contributed by atoms with Gasteiger partial charge >= 0.3 is 18.2 Å². The lowest BCUT2D eigenvalue weighted by Gasteiger charge is -2.41. The van der Waals surface area contributed by atoms with Gasteiger partial charge in [0.2, 0.25) is 5.91 Å². The molecule has 2 aromatic rings. The molecule has 1 fully saturated rings. The zero-order chi connectivity index (χ0) is 29.1. The molecule has 0 aliphatic carbocycles. The first kappa shape index (κ1) is 29.3. The molecule has 9 nitrogen and oxygen atoms in total. The number of hydrogen-bond acceptors (Lipinski definition) is 5. The van der Waals surface area contributed by atoms with E-state index >= 15 is 0 Å². The summed E-state index contributed by atoms with van der Waals surface area (Å²) >= 11 is 0. The number of likely N-dealkylation sites (tertiary alicyclic amines) is 1. The normalized spacial score (nSPS) is 13.8. The maximum atomic E-state index is 14.9. The third-order valence-corrected chi connectivity index (χ3v) is 5.46. The van der Waals surface area contributed by atoms with Gasteiger partial charge in [-0.3, -0.25) is 25.2 Å². The summed E-state index contributed by atoms with van der Waals surface area (Å²) in [7, 11) is 0. The van der Waals surface area contributed by atoms with Gasteiger partial charge in [0.15, 0.2) is 0 Å². The van der Waals surface area contributed by atoms with Crippen molar-refractivity contribution in [1.82, 2.24) is 15.8 Å². The highest BCUT2D eigenvalue weighted by atomic mass is 19.4. The van der Waals surface area contributed by atoms with Gasteiger partial charge in [0.05, 0.1) is 12.5 Å². The summed E-state index contributed by atoms with van der Waals surface area (Å²) in [5, 5.41) is 0. The van der Waals surface area contributed by atoms with Crippen LogP contribution in [0, 0.1) is 17.6 Å². The number of halogens is 5. The summed E-state index contributed by atoms with van der Waals surface area (Å²) in [5.41, 5.74) is 1.58. The van der Waals surface area contributed by atoms with Crippen LogP contribution in [0.15, 0.2) is 42.5 Å². The van der Waals surface area contributed by atoms with E-state index in [9.17, 15) is 41.1 Å². The van der Waals surface area contributed by atoms with E-state index in [-0.39, 0.29) is 30.9 Å². The summed E-state index contributed by atoms with van der Waals surface area (Å²) in [4.78, 5) is 50.9. The summed E-state index contributed by atoms with van der Waals surface area (Å²) in [5.74, 6) is -6.46. The van der Waals surface area contributed by atoms with Crippen LogP contribution in [-0.4, -0.2) is 53.6 Å². The van der Waals surface area contributed by atoms with E-state index in [1.54, 1.807) is 20.8 Å². The van der Waals surface area contributed by atoms with Crippen LogP contribution >= 0.6 is 0 Å². The molecule has 1 heterocycles. The van der Waals surface area contributed by atoms with Crippen molar-refractivity contribution in [3.8, 4) is 0 Å². The number of alkyl halides is 3. The van der Waals surface area contributed by atoms with Crippen LogP contribution in [0.2, 0.25) is 0 Å². The largest absolute Gasteiger partial charge is 0.472 e. The Morgan fingerprint density at radius 1 is 1.00 bits per heavy atom. The Balaban J connectivity index is 1.75. The van der Waals surface area contributed by atoms with Gasteiger partial charge in [-0.2, -0.15) is 13.2 Å².